The van der Waals surface area contributed by atoms with Gasteiger partial charge in [0.2, 0.25) is 0 Å². The van der Waals surface area contributed by atoms with E-state index in [4.69, 9.17) is 5.26 Å². The number of benzene rings is 1. The Kier molecular flexibility index (Phi) is 5.42. The number of amides is 1. The first-order valence-corrected chi connectivity index (χ1v) is 8.52. The minimum atomic E-state index is 0.0573. The highest BCUT2D eigenvalue weighted by Crippen LogP contribution is 2.20. The lowest BCUT2D eigenvalue weighted by Gasteiger charge is -2.21. The van der Waals surface area contributed by atoms with Gasteiger partial charge < -0.3 is 9.80 Å². The van der Waals surface area contributed by atoms with Crippen molar-refractivity contribution in [3.05, 3.63) is 65.5 Å². The first kappa shape index (κ1) is 17.1. The van der Waals surface area contributed by atoms with Crippen LogP contribution >= 0.6 is 0 Å². The van der Waals surface area contributed by atoms with Gasteiger partial charge in [0.05, 0.1) is 11.6 Å². The molecule has 128 valence electrons. The zero-order valence-corrected chi connectivity index (χ0v) is 14.4. The van der Waals surface area contributed by atoms with Gasteiger partial charge in [-0.2, -0.15) is 5.26 Å². The normalized spacial score (nSPS) is 16.8. The van der Waals surface area contributed by atoms with E-state index in [9.17, 15) is 4.79 Å². The lowest BCUT2D eigenvalue weighted by Crippen LogP contribution is -2.31. The molecule has 2 aromatic rings. The van der Waals surface area contributed by atoms with Crippen molar-refractivity contribution < 1.29 is 4.79 Å². The SMILES string of the molecule is CN(Cc1cccnc1)CC1CCN(C(=O)c2ccc(C#N)cc2)C1. The van der Waals surface area contributed by atoms with Crippen LogP contribution in [0, 0.1) is 17.2 Å². The number of hydrogen-bond donors (Lipinski definition) is 0. The molecule has 3 rings (SSSR count). The Morgan fingerprint density at radius 3 is 2.84 bits per heavy atom. The summed E-state index contributed by atoms with van der Waals surface area (Å²) in [4.78, 5) is 21.0. The fourth-order valence-corrected chi connectivity index (χ4v) is 3.34. The summed E-state index contributed by atoms with van der Waals surface area (Å²) in [6.07, 6.45) is 4.71. The number of nitriles is 1. The lowest BCUT2D eigenvalue weighted by molar-refractivity contribution is 0.0784. The first-order valence-electron chi connectivity index (χ1n) is 8.52. The van der Waals surface area contributed by atoms with Crippen molar-refractivity contribution in [3.8, 4) is 6.07 Å². The van der Waals surface area contributed by atoms with Crippen molar-refractivity contribution in [3.63, 3.8) is 0 Å². The molecule has 5 nitrogen and oxygen atoms in total. The molecule has 1 aromatic heterocycles. The number of pyridine rings is 1. The van der Waals surface area contributed by atoms with Crippen LogP contribution in [-0.4, -0.2) is 47.4 Å². The van der Waals surface area contributed by atoms with Gasteiger partial charge in [-0.1, -0.05) is 6.07 Å². The van der Waals surface area contributed by atoms with E-state index in [1.807, 2.05) is 17.2 Å². The summed E-state index contributed by atoms with van der Waals surface area (Å²) in [5.74, 6) is 0.547. The van der Waals surface area contributed by atoms with Crippen LogP contribution in [0.2, 0.25) is 0 Å². The molecule has 0 saturated carbocycles. The van der Waals surface area contributed by atoms with Crippen LogP contribution in [0.3, 0.4) is 0 Å². The highest BCUT2D eigenvalue weighted by atomic mass is 16.2. The second-order valence-corrected chi connectivity index (χ2v) is 6.65. The number of nitrogens with zero attached hydrogens (tertiary/aromatic N) is 4. The average Bonchev–Trinajstić information content (AvgIpc) is 3.10. The predicted octanol–water partition coefficient (Wildman–Crippen LogP) is 2.55. The molecule has 0 radical (unpaired) electrons. The zero-order chi connectivity index (χ0) is 17.6. The maximum Gasteiger partial charge on any atom is 0.253 e. The molecule has 1 aromatic carbocycles. The summed E-state index contributed by atoms with van der Waals surface area (Å²) < 4.78 is 0. The standard InChI is InChI=1S/C20H22N4O/c1-23(13-17-3-2-9-22-12-17)14-18-8-10-24(15-18)20(25)19-6-4-16(11-21)5-7-19/h2-7,9,12,18H,8,10,13-15H2,1H3. The Hall–Kier alpha value is -2.71. The second kappa shape index (κ2) is 7.91. The molecule has 1 amide bonds. The molecule has 25 heavy (non-hydrogen) atoms. The van der Waals surface area contributed by atoms with Crippen molar-refractivity contribution in [1.82, 2.24) is 14.8 Å². The van der Waals surface area contributed by atoms with Gasteiger partial charge in [0.15, 0.2) is 0 Å². The van der Waals surface area contributed by atoms with Gasteiger partial charge in [-0.3, -0.25) is 9.78 Å². The minimum absolute atomic E-state index is 0.0573. The fourth-order valence-electron chi connectivity index (χ4n) is 3.34. The van der Waals surface area contributed by atoms with Gasteiger partial charge in [0.1, 0.15) is 0 Å². The van der Waals surface area contributed by atoms with Gasteiger partial charge in [-0.25, -0.2) is 0 Å². The first-order chi connectivity index (χ1) is 12.2. The maximum absolute atomic E-state index is 12.6. The summed E-state index contributed by atoms with van der Waals surface area (Å²) in [5, 5.41) is 8.85. The Bertz CT molecular complexity index is 752. The molecular weight excluding hydrogens is 312 g/mol. The van der Waals surface area contributed by atoms with Crippen molar-refractivity contribution in [1.29, 1.82) is 5.26 Å². The van der Waals surface area contributed by atoms with E-state index in [1.165, 1.54) is 5.56 Å². The number of likely N-dealkylation sites (tertiary alicyclic amines) is 1. The smallest absolute Gasteiger partial charge is 0.253 e. The van der Waals surface area contributed by atoms with Gasteiger partial charge in [-0.15, -0.1) is 0 Å². The van der Waals surface area contributed by atoms with Gasteiger partial charge in [-0.05, 0) is 55.3 Å². The van der Waals surface area contributed by atoms with Gasteiger partial charge >= 0.3 is 0 Å². The number of carbonyl (C=O) groups excluding carboxylic acids is 1. The minimum Gasteiger partial charge on any atom is -0.338 e. The number of rotatable bonds is 5. The number of carbonyl (C=O) groups is 1. The monoisotopic (exact) mass is 334 g/mol. The van der Waals surface area contributed by atoms with E-state index >= 15 is 0 Å². The van der Waals surface area contributed by atoms with Crippen LogP contribution in [0.1, 0.15) is 27.9 Å². The molecule has 1 atom stereocenters. The third-order valence-electron chi connectivity index (χ3n) is 4.58. The van der Waals surface area contributed by atoms with Crippen LogP contribution < -0.4 is 0 Å². The van der Waals surface area contributed by atoms with Crippen LogP contribution in [0.4, 0.5) is 0 Å². The highest BCUT2D eigenvalue weighted by Gasteiger charge is 2.27. The molecule has 2 heterocycles. The lowest BCUT2D eigenvalue weighted by atomic mass is 10.1. The van der Waals surface area contributed by atoms with Gasteiger partial charge in [0.25, 0.3) is 5.91 Å². The predicted molar refractivity (Wildman–Crippen MR) is 95.7 cm³/mol. The van der Waals surface area contributed by atoms with E-state index in [2.05, 4.69) is 29.1 Å². The Morgan fingerprint density at radius 2 is 2.16 bits per heavy atom. The number of hydrogen-bond acceptors (Lipinski definition) is 4. The van der Waals surface area contributed by atoms with E-state index < -0.39 is 0 Å². The molecule has 0 spiro atoms. The fraction of sp³-hybridized carbons (Fsp3) is 0.350. The zero-order valence-electron chi connectivity index (χ0n) is 14.4. The summed E-state index contributed by atoms with van der Waals surface area (Å²) >= 11 is 0. The van der Waals surface area contributed by atoms with Crippen LogP contribution in [0.15, 0.2) is 48.8 Å². The van der Waals surface area contributed by atoms with E-state index in [0.29, 0.717) is 17.0 Å². The summed E-state index contributed by atoms with van der Waals surface area (Å²) in [5.41, 5.74) is 2.43. The van der Waals surface area contributed by atoms with E-state index in [1.54, 1.807) is 30.5 Å². The molecule has 1 aliphatic rings. The molecular formula is C20H22N4O. The van der Waals surface area contributed by atoms with Gasteiger partial charge in [0, 0.05) is 44.1 Å². The molecule has 0 bridgehead atoms. The molecule has 5 heteroatoms. The maximum atomic E-state index is 12.6. The van der Waals surface area contributed by atoms with Crippen molar-refractivity contribution in [2.45, 2.75) is 13.0 Å². The molecule has 0 N–H and O–H groups in total. The average molecular weight is 334 g/mol. The second-order valence-electron chi connectivity index (χ2n) is 6.65. The highest BCUT2D eigenvalue weighted by molar-refractivity contribution is 5.94. The molecule has 1 unspecified atom stereocenters. The van der Waals surface area contributed by atoms with Crippen molar-refractivity contribution >= 4 is 5.91 Å². The van der Waals surface area contributed by atoms with Crippen LogP contribution in [0.25, 0.3) is 0 Å². The quantitative estimate of drug-likeness (QED) is 0.843. The van der Waals surface area contributed by atoms with E-state index in [-0.39, 0.29) is 5.91 Å². The molecule has 0 aliphatic carbocycles. The topological polar surface area (TPSA) is 60.2 Å². The summed E-state index contributed by atoms with van der Waals surface area (Å²) in [7, 11) is 2.11. The molecule has 1 fully saturated rings. The largest absolute Gasteiger partial charge is 0.338 e. The molecule has 1 aliphatic heterocycles. The van der Waals surface area contributed by atoms with Crippen molar-refractivity contribution in [2.75, 3.05) is 26.7 Å². The Morgan fingerprint density at radius 1 is 1.36 bits per heavy atom. The van der Waals surface area contributed by atoms with Crippen LogP contribution in [-0.2, 0) is 6.54 Å². The van der Waals surface area contributed by atoms with E-state index in [0.717, 1.165) is 32.6 Å². The van der Waals surface area contributed by atoms with Crippen LogP contribution in [0.5, 0.6) is 0 Å². The molecule has 1 saturated heterocycles. The van der Waals surface area contributed by atoms with Crippen molar-refractivity contribution in [2.24, 2.45) is 5.92 Å². The third kappa shape index (κ3) is 4.43. The Labute approximate surface area is 148 Å². The Balaban J connectivity index is 1.52. The number of aromatic nitrogens is 1. The third-order valence-corrected chi connectivity index (χ3v) is 4.58. The summed E-state index contributed by atoms with van der Waals surface area (Å²) in [6, 6.07) is 13.0. The summed E-state index contributed by atoms with van der Waals surface area (Å²) in [6.45, 7) is 3.42.